The lowest BCUT2D eigenvalue weighted by molar-refractivity contribution is 0.531. The van der Waals surface area contributed by atoms with Gasteiger partial charge in [0.1, 0.15) is 5.40 Å². The van der Waals surface area contributed by atoms with Gasteiger partial charge in [0.15, 0.2) is 0 Å². The summed E-state index contributed by atoms with van der Waals surface area (Å²) in [7, 11) is 0. The minimum atomic E-state index is 1.37. The normalized spacial score (nSPS) is 9.81. The lowest BCUT2D eigenvalue weighted by Crippen LogP contribution is -1.83. The quantitative estimate of drug-likeness (QED) is 0.187. The van der Waals surface area contributed by atoms with Crippen molar-refractivity contribution in [1.29, 1.82) is 5.26 Å². The van der Waals surface area contributed by atoms with Gasteiger partial charge in [0.05, 0.1) is 0 Å². The highest BCUT2D eigenvalue weighted by Crippen LogP contribution is 2.13. The first-order valence-electron chi connectivity index (χ1n) is 9.36. The minimum absolute atomic E-state index is 1.37. The summed E-state index contributed by atoms with van der Waals surface area (Å²) in [4.78, 5) is 0. The molecule has 21 heavy (non-hydrogen) atoms. The molecule has 0 aliphatic rings. The van der Waals surface area contributed by atoms with Crippen LogP contribution < -0.4 is 0 Å². The van der Waals surface area contributed by atoms with Crippen molar-refractivity contribution in [1.82, 2.24) is 0 Å². The molecular weight excluding hydrogens is 274 g/mol. The van der Waals surface area contributed by atoms with Crippen molar-refractivity contribution in [3.05, 3.63) is 0 Å². The lowest BCUT2D eigenvalue weighted by atomic mass is 10.0. The lowest BCUT2D eigenvalue weighted by Gasteiger charge is -2.03. The van der Waals surface area contributed by atoms with Gasteiger partial charge in [-0.15, -0.1) is 0 Å². The van der Waals surface area contributed by atoms with Crippen LogP contribution in [0.1, 0.15) is 117 Å². The van der Waals surface area contributed by atoms with Gasteiger partial charge in [-0.05, 0) is 0 Å². The second-order valence-corrected chi connectivity index (χ2v) is 6.25. The van der Waals surface area contributed by atoms with Gasteiger partial charge in [-0.1, -0.05) is 129 Å². The van der Waals surface area contributed by atoms with Crippen LogP contribution in [0.5, 0.6) is 0 Å². The van der Waals surface area contributed by atoms with Crippen LogP contribution in [0.2, 0.25) is 0 Å². The number of rotatable bonds is 15. The molecule has 0 amide bonds. The summed E-state index contributed by atoms with van der Waals surface area (Å²) in [6, 6.07) is 0. The molecule has 0 fully saturated rings. The second-order valence-electron chi connectivity index (χ2n) is 6.05. The minimum Gasteiger partial charge on any atom is -0.185 e. The van der Waals surface area contributed by atoms with E-state index in [0.717, 1.165) is 0 Å². The highest BCUT2D eigenvalue weighted by molar-refractivity contribution is 7.85. The van der Waals surface area contributed by atoms with Gasteiger partial charge in [-0.2, -0.15) is 5.26 Å². The highest BCUT2D eigenvalue weighted by Gasteiger charge is 1.93. The largest absolute Gasteiger partial charge is 0.185 e. The number of nitrogens with zero attached hydrogens (tertiary/aromatic N) is 1. The van der Waals surface area contributed by atoms with Crippen LogP contribution >= 0.6 is 12.6 Å². The van der Waals surface area contributed by atoms with Crippen molar-refractivity contribution in [3.8, 4) is 5.40 Å². The van der Waals surface area contributed by atoms with Gasteiger partial charge in [0.2, 0.25) is 0 Å². The predicted octanol–water partition coefficient (Wildman–Crippen LogP) is 7.67. The van der Waals surface area contributed by atoms with E-state index in [1.807, 2.05) is 0 Å². The average Bonchev–Trinajstić information content (AvgIpc) is 2.48. The first-order chi connectivity index (χ1) is 10.3. The van der Waals surface area contributed by atoms with E-state index in [-0.39, 0.29) is 0 Å². The number of thiocyanates is 1. The molecule has 0 aromatic heterocycles. The molecule has 0 aliphatic heterocycles. The van der Waals surface area contributed by atoms with Gasteiger partial charge in [0, 0.05) is 0 Å². The first kappa shape index (κ1) is 23.1. The third kappa shape index (κ3) is 28.7. The smallest absolute Gasteiger partial charge is 0.130 e. The Morgan fingerprint density at radius 2 is 0.667 bits per heavy atom. The maximum atomic E-state index is 7.18. The molecule has 0 heterocycles. The van der Waals surface area contributed by atoms with Crippen molar-refractivity contribution >= 4 is 12.6 Å². The van der Waals surface area contributed by atoms with Crippen LogP contribution in [0.4, 0.5) is 0 Å². The highest BCUT2D eigenvalue weighted by atomic mass is 32.1. The van der Waals surface area contributed by atoms with Gasteiger partial charge < -0.3 is 0 Å². The second kappa shape index (κ2) is 24.8. The van der Waals surface area contributed by atoms with Crippen LogP contribution in [0.25, 0.3) is 0 Å². The molecular formula is C19H39NS. The van der Waals surface area contributed by atoms with E-state index in [9.17, 15) is 0 Å². The van der Waals surface area contributed by atoms with Crippen LogP contribution in [0, 0.1) is 10.7 Å². The monoisotopic (exact) mass is 313 g/mol. The Labute approximate surface area is 140 Å². The van der Waals surface area contributed by atoms with Crippen LogP contribution in [-0.2, 0) is 0 Å². The molecule has 0 aromatic carbocycles. The molecule has 0 aliphatic carbocycles. The van der Waals surface area contributed by atoms with Crippen LogP contribution in [0.3, 0.4) is 0 Å². The number of hydrogen-bond acceptors (Lipinski definition) is 2. The van der Waals surface area contributed by atoms with Crippen LogP contribution in [-0.4, -0.2) is 0 Å². The van der Waals surface area contributed by atoms with E-state index in [1.165, 1.54) is 108 Å². The maximum absolute atomic E-state index is 7.18. The fourth-order valence-electron chi connectivity index (χ4n) is 2.62. The SMILES string of the molecule is CCCCCCCCCCCCCCCCCC.N#CS. The third-order valence-electron chi connectivity index (χ3n) is 3.96. The third-order valence-corrected chi connectivity index (χ3v) is 3.96. The summed E-state index contributed by atoms with van der Waals surface area (Å²) in [5.74, 6) is 0. The van der Waals surface area contributed by atoms with Crippen LogP contribution in [0.15, 0.2) is 0 Å². The molecule has 126 valence electrons. The summed E-state index contributed by atoms with van der Waals surface area (Å²) < 4.78 is 0. The molecule has 0 rings (SSSR count). The zero-order valence-corrected chi connectivity index (χ0v) is 15.6. The zero-order chi connectivity index (χ0) is 16.0. The Hall–Kier alpha value is -0.160. The van der Waals surface area contributed by atoms with Crippen molar-refractivity contribution in [2.75, 3.05) is 0 Å². The molecule has 0 saturated heterocycles. The van der Waals surface area contributed by atoms with Gasteiger partial charge in [-0.3, -0.25) is 0 Å². The fraction of sp³-hybridized carbons (Fsp3) is 0.947. The van der Waals surface area contributed by atoms with E-state index in [2.05, 4.69) is 26.5 Å². The number of hydrogen-bond donors (Lipinski definition) is 1. The first-order valence-corrected chi connectivity index (χ1v) is 9.81. The zero-order valence-electron chi connectivity index (χ0n) is 14.7. The summed E-state index contributed by atoms with van der Waals surface area (Å²) in [6.45, 7) is 4.59. The Balaban J connectivity index is 0. The Morgan fingerprint density at radius 1 is 0.524 bits per heavy atom. The molecule has 0 unspecified atom stereocenters. The summed E-state index contributed by atoms with van der Waals surface area (Å²) in [6.07, 6.45) is 23.4. The van der Waals surface area contributed by atoms with Gasteiger partial charge in [-0.25, -0.2) is 0 Å². The summed E-state index contributed by atoms with van der Waals surface area (Å²) >= 11 is 3.09. The Kier molecular flexibility index (Phi) is 27.3. The Morgan fingerprint density at radius 3 is 0.810 bits per heavy atom. The molecule has 0 spiro atoms. The molecule has 0 atom stereocenters. The molecule has 0 bridgehead atoms. The van der Waals surface area contributed by atoms with E-state index in [4.69, 9.17) is 5.26 Å². The van der Waals surface area contributed by atoms with Gasteiger partial charge in [0.25, 0.3) is 0 Å². The average molecular weight is 314 g/mol. The number of thiol groups is 1. The maximum Gasteiger partial charge on any atom is 0.130 e. The molecule has 2 heteroatoms. The van der Waals surface area contributed by atoms with Crippen molar-refractivity contribution in [2.45, 2.75) is 117 Å². The van der Waals surface area contributed by atoms with E-state index >= 15 is 0 Å². The van der Waals surface area contributed by atoms with E-state index in [1.54, 1.807) is 0 Å². The molecule has 0 N–H and O–H groups in total. The standard InChI is InChI=1S/C18H38.CHNS/c1-3-5-7-9-11-13-15-17-18-16-14-12-10-8-6-4-2;2-1-3/h3-18H2,1-2H3;3H. The number of nitriles is 1. The molecule has 1 nitrogen and oxygen atoms in total. The Bertz CT molecular complexity index is 182. The summed E-state index contributed by atoms with van der Waals surface area (Å²) in [5.41, 5.74) is 0. The van der Waals surface area contributed by atoms with Gasteiger partial charge >= 0.3 is 0 Å². The molecule has 0 radical (unpaired) electrons. The predicted molar refractivity (Wildman–Crippen MR) is 99.8 cm³/mol. The fourth-order valence-corrected chi connectivity index (χ4v) is 2.62. The van der Waals surface area contributed by atoms with Crippen molar-refractivity contribution < 1.29 is 0 Å². The van der Waals surface area contributed by atoms with Crippen molar-refractivity contribution in [3.63, 3.8) is 0 Å². The molecule has 0 aromatic rings. The molecule has 0 saturated carbocycles. The van der Waals surface area contributed by atoms with E-state index < -0.39 is 0 Å². The topological polar surface area (TPSA) is 23.8 Å². The summed E-state index contributed by atoms with van der Waals surface area (Å²) in [5, 5.41) is 8.63. The number of unbranched alkanes of at least 4 members (excludes halogenated alkanes) is 15. The van der Waals surface area contributed by atoms with Crippen molar-refractivity contribution in [2.24, 2.45) is 0 Å². The van der Waals surface area contributed by atoms with E-state index in [0.29, 0.717) is 0 Å².